The lowest BCUT2D eigenvalue weighted by atomic mass is 9.76. The van der Waals surface area contributed by atoms with Crippen molar-refractivity contribution in [1.82, 2.24) is 14.5 Å². The first kappa shape index (κ1) is 27.1. The Morgan fingerprint density at radius 3 is 2.34 bits per heavy atom. The molecule has 6 rings (SSSR count). The molecule has 2 aromatic carbocycles. The lowest BCUT2D eigenvalue weighted by Gasteiger charge is -2.39. The molecule has 1 saturated heterocycles. The maximum absolute atomic E-state index is 13.5. The fourth-order valence-corrected chi connectivity index (χ4v) is 6.07. The molecule has 2 unspecified atom stereocenters. The number of hydrogen-bond donors (Lipinski definition) is 0. The molecule has 8 heteroatoms. The molecular weight excluding hydrogens is 514 g/mol. The van der Waals surface area contributed by atoms with Crippen LogP contribution < -0.4 is 10.6 Å². The van der Waals surface area contributed by atoms with Gasteiger partial charge in [-0.1, -0.05) is 72.8 Å². The maximum atomic E-state index is 13.5. The Morgan fingerprint density at radius 2 is 1.68 bits per heavy atom. The van der Waals surface area contributed by atoms with E-state index in [2.05, 4.69) is 34.1 Å². The molecule has 1 saturated carbocycles. The smallest absolute Gasteiger partial charge is 0.351 e. The number of nitrogens with zero attached hydrogens (tertiary/aromatic N) is 5. The quantitative estimate of drug-likeness (QED) is 0.373. The Bertz CT molecular complexity index is 1500. The van der Waals surface area contributed by atoms with Crippen molar-refractivity contribution >= 4 is 29.4 Å². The van der Waals surface area contributed by atoms with Gasteiger partial charge in [-0.2, -0.15) is 4.98 Å². The van der Waals surface area contributed by atoms with Gasteiger partial charge >= 0.3 is 11.7 Å². The summed E-state index contributed by atoms with van der Waals surface area (Å²) in [6.07, 6.45) is 6.24. The minimum Gasteiger partial charge on any atom is -0.465 e. The number of carbonyl (C=O) groups excluding carboxylic acids is 1. The van der Waals surface area contributed by atoms with Crippen LogP contribution in [0.3, 0.4) is 0 Å². The summed E-state index contributed by atoms with van der Waals surface area (Å²) in [7, 11) is 0. The first-order valence-corrected chi connectivity index (χ1v) is 14.7. The molecule has 0 N–H and O–H groups in total. The summed E-state index contributed by atoms with van der Waals surface area (Å²) >= 11 is 0. The lowest BCUT2D eigenvalue weighted by molar-refractivity contribution is -0.146. The normalized spacial score (nSPS) is 21.0. The molecule has 0 spiro atoms. The number of carbonyl (C=O) groups is 1. The molecule has 0 amide bonds. The average molecular weight is 552 g/mol. The molecule has 3 aliphatic rings. The molecule has 2 fully saturated rings. The zero-order valence-corrected chi connectivity index (χ0v) is 23.8. The van der Waals surface area contributed by atoms with E-state index in [1.807, 2.05) is 62.4 Å². The van der Waals surface area contributed by atoms with Crippen LogP contribution in [0.25, 0.3) is 6.08 Å². The maximum Gasteiger partial charge on any atom is 0.351 e. The Morgan fingerprint density at radius 1 is 1.00 bits per heavy atom. The average Bonchev–Trinajstić information content (AvgIpc) is 3.83. The van der Waals surface area contributed by atoms with Crippen LogP contribution in [0.4, 0.5) is 11.6 Å². The van der Waals surface area contributed by atoms with E-state index in [0.717, 1.165) is 56.7 Å². The third-order valence-corrected chi connectivity index (χ3v) is 8.25. The number of hydrogen-bond acceptors (Lipinski definition) is 7. The molecule has 2 atom stereocenters. The van der Waals surface area contributed by atoms with Crippen LogP contribution in [-0.4, -0.2) is 65.5 Å². The first-order valence-electron chi connectivity index (χ1n) is 14.7. The van der Waals surface area contributed by atoms with E-state index in [4.69, 9.17) is 14.7 Å². The summed E-state index contributed by atoms with van der Waals surface area (Å²) in [5.41, 5.74) is 3.47. The third-order valence-electron chi connectivity index (χ3n) is 8.25. The van der Waals surface area contributed by atoms with E-state index in [9.17, 15) is 9.59 Å². The van der Waals surface area contributed by atoms with Gasteiger partial charge in [0.05, 0.1) is 6.61 Å². The van der Waals surface area contributed by atoms with Gasteiger partial charge in [0.25, 0.3) is 0 Å². The monoisotopic (exact) mass is 551 g/mol. The number of piperazine rings is 1. The highest BCUT2D eigenvalue weighted by atomic mass is 16.5. The second-order valence-corrected chi connectivity index (χ2v) is 11.0. The van der Waals surface area contributed by atoms with Gasteiger partial charge < -0.3 is 9.64 Å². The van der Waals surface area contributed by atoms with Gasteiger partial charge in [-0.15, -0.1) is 0 Å². The standard InChI is InChI=1S/C33H37N5O3/c1-3-41-32(39)27-23(2)34-31-29(28(27)25-14-8-5-9-15-25)30(35-33(40)38(31)26-16-17-26)37-21-19-36(20-22-37)18-10-13-24-11-6-4-7-12-24/h4-15,26-28H,3,16-22H2,1-2H3. The minimum absolute atomic E-state index is 0.109. The summed E-state index contributed by atoms with van der Waals surface area (Å²) in [4.78, 5) is 41.2. The van der Waals surface area contributed by atoms with Gasteiger partial charge in [-0.05, 0) is 37.8 Å². The molecular formula is C33H37N5O3. The summed E-state index contributed by atoms with van der Waals surface area (Å²) in [5.74, 6) is 0.0875. The lowest BCUT2D eigenvalue weighted by Crippen LogP contribution is -2.48. The van der Waals surface area contributed by atoms with Crippen molar-refractivity contribution in [2.45, 2.75) is 38.6 Å². The Hall–Kier alpha value is -4.04. The number of aromatic nitrogens is 2. The van der Waals surface area contributed by atoms with Crippen molar-refractivity contribution in [2.24, 2.45) is 10.9 Å². The van der Waals surface area contributed by atoms with Crippen molar-refractivity contribution in [2.75, 3.05) is 44.2 Å². The summed E-state index contributed by atoms with van der Waals surface area (Å²) in [6, 6.07) is 20.5. The van der Waals surface area contributed by atoms with Crippen LogP contribution in [0.15, 0.2) is 76.5 Å². The zero-order chi connectivity index (χ0) is 28.3. The largest absolute Gasteiger partial charge is 0.465 e. The fourth-order valence-electron chi connectivity index (χ4n) is 6.07. The molecule has 1 aromatic heterocycles. The second kappa shape index (κ2) is 11.8. The third kappa shape index (κ3) is 5.61. The van der Waals surface area contributed by atoms with Gasteiger partial charge in [0, 0.05) is 56.0 Å². The van der Waals surface area contributed by atoms with Crippen LogP contribution in [0.5, 0.6) is 0 Å². The van der Waals surface area contributed by atoms with E-state index in [0.29, 0.717) is 24.0 Å². The fraction of sp³-hybridized carbons (Fsp3) is 0.394. The summed E-state index contributed by atoms with van der Waals surface area (Å²) in [5, 5.41) is 0. The highest BCUT2D eigenvalue weighted by Crippen LogP contribution is 2.49. The topological polar surface area (TPSA) is 80.0 Å². The molecule has 8 nitrogen and oxygen atoms in total. The van der Waals surface area contributed by atoms with Gasteiger partial charge in [0.15, 0.2) is 0 Å². The van der Waals surface area contributed by atoms with Crippen molar-refractivity contribution in [3.63, 3.8) is 0 Å². The van der Waals surface area contributed by atoms with Crippen molar-refractivity contribution in [3.8, 4) is 0 Å². The molecule has 0 radical (unpaired) electrons. The van der Waals surface area contributed by atoms with Crippen LogP contribution in [0.2, 0.25) is 0 Å². The minimum atomic E-state index is -0.583. The summed E-state index contributed by atoms with van der Waals surface area (Å²) in [6.45, 7) is 8.03. The number of esters is 1. The number of fused-ring (bicyclic) bond motifs is 1. The van der Waals surface area contributed by atoms with Crippen molar-refractivity contribution < 1.29 is 9.53 Å². The number of ether oxygens (including phenoxy) is 1. The molecule has 2 aliphatic heterocycles. The highest BCUT2D eigenvalue weighted by Gasteiger charge is 2.44. The van der Waals surface area contributed by atoms with Crippen LogP contribution in [-0.2, 0) is 9.53 Å². The number of benzene rings is 2. The Labute approximate surface area is 241 Å². The van der Waals surface area contributed by atoms with Gasteiger partial charge in [0.2, 0.25) is 0 Å². The van der Waals surface area contributed by atoms with Gasteiger partial charge in [0.1, 0.15) is 17.6 Å². The van der Waals surface area contributed by atoms with E-state index in [-0.39, 0.29) is 23.6 Å². The number of anilines is 1. The Kier molecular flexibility index (Phi) is 7.83. The number of aliphatic imine (C=N–C) groups is 1. The zero-order valence-electron chi connectivity index (χ0n) is 23.8. The van der Waals surface area contributed by atoms with E-state index in [1.54, 1.807) is 4.57 Å². The molecule has 1 aliphatic carbocycles. The van der Waals surface area contributed by atoms with Crippen LogP contribution in [0, 0.1) is 5.92 Å². The van der Waals surface area contributed by atoms with Crippen LogP contribution in [0.1, 0.15) is 55.3 Å². The molecule has 41 heavy (non-hydrogen) atoms. The predicted molar refractivity (Wildman–Crippen MR) is 162 cm³/mol. The highest BCUT2D eigenvalue weighted by molar-refractivity contribution is 6.05. The first-order chi connectivity index (χ1) is 20.0. The van der Waals surface area contributed by atoms with Gasteiger partial charge in [-0.25, -0.2) is 9.79 Å². The SMILES string of the molecule is CCOC(=O)C1C(C)=Nc2c(c(N3CCN(CC=Cc4ccccc4)CC3)nc(=O)n2C2CC2)C1c1ccccc1. The van der Waals surface area contributed by atoms with Crippen LogP contribution >= 0.6 is 0 Å². The second-order valence-electron chi connectivity index (χ2n) is 11.0. The van der Waals surface area contributed by atoms with Crippen molar-refractivity contribution in [3.05, 3.63) is 93.9 Å². The van der Waals surface area contributed by atoms with E-state index >= 15 is 0 Å². The van der Waals surface area contributed by atoms with E-state index in [1.165, 1.54) is 5.56 Å². The number of rotatable bonds is 8. The van der Waals surface area contributed by atoms with Crippen molar-refractivity contribution in [1.29, 1.82) is 0 Å². The molecule has 212 valence electrons. The van der Waals surface area contributed by atoms with E-state index < -0.39 is 5.92 Å². The molecule has 3 heterocycles. The molecule has 0 bridgehead atoms. The Balaban J connectivity index is 1.36. The van der Waals surface area contributed by atoms with Gasteiger partial charge in [-0.3, -0.25) is 14.3 Å². The molecule has 3 aromatic rings. The summed E-state index contributed by atoms with van der Waals surface area (Å²) < 4.78 is 7.33. The predicted octanol–water partition coefficient (Wildman–Crippen LogP) is 4.83.